The number of hydrogen-bond donors (Lipinski definition) is 1. The molecule has 1 aromatic heterocycles. The van der Waals surface area contributed by atoms with Crippen LogP contribution in [0.15, 0.2) is 59.1 Å². The maximum atomic E-state index is 13.3. The number of nitrogens with one attached hydrogen (secondary N) is 1. The van der Waals surface area contributed by atoms with Crippen LogP contribution in [-0.4, -0.2) is 48.9 Å². The zero-order valence-corrected chi connectivity index (χ0v) is 20.3. The van der Waals surface area contributed by atoms with Crippen LogP contribution in [-0.2, 0) is 11.3 Å². The predicted molar refractivity (Wildman–Crippen MR) is 135 cm³/mol. The van der Waals surface area contributed by atoms with Crippen molar-refractivity contribution in [2.45, 2.75) is 45.7 Å². The van der Waals surface area contributed by atoms with Crippen LogP contribution in [0, 0.1) is 6.92 Å². The van der Waals surface area contributed by atoms with Crippen LogP contribution in [0.2, 0.25) is 0 Å². The number of piperidine rings is 1. The monoisotopic (exact) mass is 462 g/mol. The Balaban J connectivity index is 1.66. The molecule has 0 radical (unpaired) electrons. The fraction of sp³-hybridized carbons (Fsp3) is 0.407. The summed E-state index contributed by atoms with van der Waals surface area (Å²) in [5.74, 6) is 0.761. The molecule has 1 N–H and O–H groups in total. The van der Waals surface area contributed by atoms with Crippen molar-refractivity contribution in [3.8, 4) is 11.3 Å². The van der Waals surface area contributed by atoms with Gasteiger partial charge in [0.25, 0.3) is 0 Å². The van der Waals surface area contributed by atoms with E-state index < -0.39 is 0 Å². The van der Waals surface area contributed by atoms with Gasteiger partial charge >= 0.3 is 6.03 Å². The lowest BCUT2D eigenvalue weighted by atomic mass is 10.0. The van der Waals surface area contributed by atoms with Gasteiger partial charge in [-0.1, -0.05) is 53.2 Å². The minimum absolute atomic E-state index is 0.182. The molecule has 34 heavy (non-hydrogen) atoms. The summed E-state index contributed by atoms with van der Waals surface area (Å²) in [6, 6.07) is 18.0. The zero-order chi connectivity index (χ0) is 23.9. The lowest BCUT2D eigenvalue weighted by Gasteiger charge is -2.34. The van der Waals surface area contributed by atoms with Crippen LogP contribution in [0.25, 0.3) is 11.3 Å². The van der Waals surface area contributed by atoms with E-state index in [0.29, 0.717) is 25.7 Å². The van der Waals surface area contributed by atoms with Gasteiger partial charge in [-0.2, -0.15) is 0 Å². The molecule has 2 aromatic carbocycles. The third-order valence-corrected chi connectivity index (χ3v) is 6.38. The van der Waals surface area contributed by atoms with E-state index in [9.17, 15) is 4.79 Å². The largest absolute Gasteiger partial charge is 0.383 e. The van der Waals surface area contributed by atoms with E-state index in [1.807, 2.05) is 61.5 Å². The lowest BCUT2D eigenvalue weighted by molar-refractivity contribution is 0.153. The number of rotatable bonds is 8. The number of aryl methyl sites for hydroxylation is 1. The number of nitrogens with zero attached hydrogens (tertiary/aromatic N) is 3. The molecule has 1 fully saturated rings. The van der Waals surface area contributed by atoms with Gasteiger partial charge in [-0.3, -0.25) is 0 Å². The summed E-state index contributed by atoms with van der Waals surface area (Å²) in [5.41, 5.74) is 4.58. The standard InChI is InChI=1S/C27H34N4O3/c1-20-12-14-23(15-13-20)28-27(32)30(17-18-33-3)19-24-25(22-10-5-4-6-11-22)29-34-26(24)31-16-8-7-9-21(31)2/h4-6,10-15,21H,7-9,16-19H2,1-3H3,(H,28,32)/t21-/m1/s1. The Morgan fingerprint density at radius 3 is 2.65 bits per heavy atom. The van der Waals surface area contributed by atoms with Gasteiger partial charge in [0.1, 0.15) is 5.69 Å². The van der Waals surface area contributed by atoms with Crippen molar-refractivity contribution in [3.63, 3.8) is 0 Å². The number of amides is 2. The number of anilines is 2. The van der Waals surface area contributed by atoms with E-state index in [0.717, 1.165) is 53.3 Å². The molecule has 1 aliphatic heterocycles. The number of aromatic nitrogens is 1. The topological polar surface area (TPSA) is 70.8 Å². The highest BCUT2D eigenvalue weighted by atomic mass is 16.5. The van der Waals surface area contributed by atoms with E-state index >= 15 is 0 Å². The summed E-state index contributed by atoms with van der Waals surface area (Å²) < 4.78 is 11.3. The number of carbonyl (C=O) groups is 1. The molecule has 0 aliphatic carbocycles. The summed E-state index contributed by atoms with van der Waals surface area (Å²) in [5, 5.41) is 7.50. The highest BCUT2D eigenvalue weighted by molar-refractivity contribution is 5.89. The number of methoxy groups -OCH3 is 1. The van der Waals surface area contributed by atoms with Crippen molar-refractivity contribution in [1.82, 2.24) is 10.1 Å². The second-order valence-corrected chi connectivity index (χ2v) is 8.93. The van der Waals surface area contributed by atoms with Gasteiger partial charge in [-0.05, 0) is 45.2 Å². The van der Waals surface area contributed by atoms with E-state index in [1.165, 1.54) is 6.42 Å². The molecular formula is C27H34N4O3. The van der Waals surface area contributed by atoms with Crippen molar-refractivity contribution in [2.24, 2.45) is 0 Å². The fourth-order valence-corrected chi connectivity index (χ4v) is 4.38. The number of hydrogen-bond acceptors (Lipinski definition) is 5. The maximum Gasteiger partial charge on any atom is 0.322 e. The first kappa shape index (κ1) is 23.8. The van der Waals surface area contributed by atoms with Crippen molar-refractivity contribution in [2.75, 3.05) is 37.0 Å². The third-order valence-electron chi connectivity index (χ3n) is 6.38. The quantitative estimate of drug-likeness (QED) is 0.464. The van der Waals surface area contributed by atoms with E-state index in [2.05, 4.69) is 22.3 Å². The van der Waals surface area contributed by atoms with Crippen molar-refractivity contribution < 1.29 is 14.1 Å². The highest BCUT2D eigenvalue weighted by Gasteiger charge is 2.29. The maximum absolute atomic E-state index is 13.3. The Hall–Kier alpha value is -3.32. The Morgan fingerprint density at radius 1 is 1.18 bits per heavy atom. The minimum Gasteiger partial charge on any atom is -0.383 e. The molecule has 3 aromatic rings. The van der Waals surface area contributed by atoms with Gasteiger partial charge in [0.05, 0.1) is 18.7 Å². The van der Waals surface area contributed by atoms with E-state index in [-0.39, 0.29) is 6.03 Å². The molecule has 2 heterocycles. The van der Waals surface area contributed by atoms with Gasteiger partial charge < -0.3 is 24.4 Å². The van der Waals surface area contributed by atoms with Gasteiger partial charge in [-0.15, -0.1) is 0 Å². The molecule has 2 amide bonds. The van der Waals surface area contributed by atoms with Crippen LogP contribution in [0.4, 0.5) is 16.4 Å². The van der Waals surface area contributed by atoms with Crippen molar-refractivity contribution >= 4 is 17.6 Å². The summed E-state index contributed by atoms with van der Waals surface area (Å²) in [6.45, 7) is 6.42. The summed E-state index contributed by atoms with van der Waals surface area (Å²) in [6.07, 6.45) is 3.44. The van der Waals surface area contributed by atoms with Crippen LogP contribution in [0.3, 0.4) is 0 Å². The first-order valence-corrected chi connectivity index (χ1v) is 12.0. The molecule has 1 aliphatic rings. The van der Waals surface area contributed by atoms with E-state index in [4.69, 9.17) is 9.26 Å². The Morgan fingerprint density at radius 2 is 1.94 bits per heavy atom. The number of benzene rings is 2. The summed E-state index contributed by atoms with van der Waals surface area (Å²) >= 11 is 0. The smallest absolute Gasteiger partial charge is 0.322 e. The van der Waals surface area contributed by atoms with Crippen LogP contribution < -0.4 is 10.2 Å². The van der Waals surface area contributed by atoms with Gasteiger partial charge in [-0.25, -0.2) is 4.79 Å². The molecule has 0 saturated carbocycles. The van der Waals surface area contributed by atoms with Gasteiger partial charge in [0.15, 0.2) is 0 Å². The van der Waals surface area contributed by atoms with Crippen LogP contribution >= 0.6 is 0 Å². The highest BCUT2D eigenvalue weighted by Crippen LogP contribution is 2.35. The summed E-state index contributed by atoms with van der Waals surface area (Å²) in [4.78, 5) is 17.4. The molecular weight excluding hydrogens is 428 g/mol. The average Bonchev–Trinajstić information content (AvgIpc) is 3.27. The summed E-state index contributed by atoms with van der Waals surface area (Å²) in [7, 11) is 1.64. The second-order valence-electron chi connectivity index (χ2n) is 8.93. The van der Waals surface area contributed by atoms with Gasteiger partial charge in [0.2, 0.25) is 5.88 Å². The van der Waals surface area contributed by atoms with E-state index in [1.54, 1.807) is 12.0 Å². The molecule has 7 nitrogen and oxygen atoms in total. The third kappa shape index (κ3) is 5.59. The molecule has 7 heteroatoms. The molecule has 0 bridgehead atoms. The molecule has 0 unspecified atom stereocenters. The molecule has 1 atom stereocenters. The number of urea groups is 1. The molecule has 1 saturated heterocycles. The molecule has 180 valence electrons. The number of ether oxygens (including phenoxy) is 1. The first-order chi connectivity index (χ1) is 16.6. The predicted octanol–water partition coefficient (Wildman–Crippen LogP) is 5.71. The van der Waals surface area contributed by atoms with Gasteiger partial charge in [0, 0.05) is 37.5 Å². The normalized spacial score (nSPS) is 15.9. The first-order valence-electron chi connectivity index (χ1n) is 12.0. The average molecular weight is 463 g/mol. The Labute approximate surface area is 201 Å². The second kappa shape index (κ2) is 11.2. The number of carbonyl (C=O) groups excluding carboxylic acids is 1. The Bertz CT molecular complexity index is 1070. The fourth-order valence-electron chi connectivity index (χ4n) is 4.38. The minimum atomic E-state index is -0.182. The van der Waals surface area contributed by atoms with Crippen LogP contribution in [0.1, 0.15) is 37.3 Å². The van der Waals surface area contributed by atoms with Crippen LogP contribution in [0.5, 0.6) is 0 Å². The lowest BCUT2D eigenvalue weighted by Crippen LogP contribution is -2.40. The SMILES string of the molecule is COCCN(Cc1c(-c2ccccc2)noc1N1CCCC[C@H]1C)C(=O)Nc1ccc(C)cc1. The van der Waals surface area contributed by atoms with Crippen molar-refractivity contribution in [1.29, 1.82) is 0 Å². The molecule has 4 rings (SSSR count). The Kier molecular flexibility index (Phi) is 7.85. The zero-order valence-electron chi connectivity index (χ0n) is 20.3. The molecule has 0 spiro atoms. The van der Waals surface area contributed by atoms with Crippen molar-refractivity contribution in [3.05, 3.63) is 65.7 Å².